The molecule has 5 atom stereocenters. The average Bonchev–Trinajstić information content (AvgIpc) is 2.86. The Hall–Kier alpha value is 0.0700. The number of alkyl halides is 2. The van der Waals surface area contributed by atoms with Crippen LogP contribution >= 0.6 is 0 Å². The zero-order chi connectivity index (χ0) is 13.2. The van der Waals surface area contributed by atoms with E-state index in [1.54, 1.807) is 0 Å². The number of fused-ring (bicyclic) bond motifs is 1. The van der Waals surface area contributed by atoms with Gasteiger partial charge in [-0.05, 0) is 0 Å². The second-order valence-electron chi connectivity index (χ2n) is 5.77. The fourth-order valence-electron chi connectivity index (χ4n) is 3.67. The summed E-state index contributed by atoms with van der Waals surface area (Å²) in [5.74, 6) is 2.32. The third-order valence-electron chi connectivity index (χ3n) is 4.77. The molecule has 2 rings (SSSR count). The number of hydrogen-bond donors (Lipinski definition) is 0. The number of rotatable bonds is 5. The van der Waals surface area contributed by atoms with Crippen molar-refractivity contribution in [2.45, 2.75) is 53.8 Å². The van der Waals surface area contributed by atoms with Gasteiger partial charge < -0.3 is 0 Å². The molecule has 0 spiro atoms. The summed E-state index contributed by atoms with van der Waals surface area (Å²) in [6.07, 6.45) is 9.93. The first-order valence-corrected chi connectivity index (χ1v) is 9.62. The van der Waals surface area contributed by atoms with Crippen molar-refractivity contribution < 1.29 is 21.2 Å². The molecule has 0 aromatic carbocycles. The number of halogens is 1. The van der Waals surface area contributed by atoms with Gasteiger partial charge >= 0.3 is 122 Å². The zero-order valence-electron chi connectivity index (χ0n) is 11.7. The van der Waals surface area contributed by atoms with Gasteiger partial charge in [-0.25, -0.2) is 0 Å². The van der Waals surface area contributed by atoms with Gasteiger partial charge in [0.2, 0.25) is 0 Å². The molecule has 0 saturated heterocycles. The fraction of sp³-hybridized carbons (Fsp3) is 0.867. The van der Waals surface area contributed by atoms with Gasteiger partial charge in [0, 0.05) is 0 Å². The molecule has 0 N–H and O–H groups in total. The Morgan fingerprint density at radius 1 is 1.44 bits per heavy atom. The van der Waals surface area contributed by atoms with Crippen molar-refractivity contribution in [3.05, 3.63) is 17.1 Å². The normalized spacial score (nSPS) is 43.3. The van der Waals surface area contributed by atoms with Gasteiger partial charge in [0.25, 0.3) is 0 Å². The van der Waals surface area contributed by atoms with E-state index in [4.69, 9.17) is 0 Å². The topological polar surface area (TPSA) is 29.4 Å². The predicted molar refractivity (Wildman–Crippen MR) is 72.3 cm³/mol. The summed E-state index contributed by atoms with van der Waals surface area (Å²) in [5, 5.41) is 3.31. The molecule has 0 amide bonds. The molecular formula is C15H25INO-. The molecule has 0 bridgehead atoms. The first-order valence-electron chi connectivity index (χ1n) is 7.29. The van der Waals surface area contributed by atoms with E-state index in [9.17, 15) is 4.91 Å². The molecule has 0 aromatic rings. The molecule has 1 aliphatic carbocycles. The standard InChI is InChI=1S/C15H25INO/c1-4-7-13-9-6-8-12(5-2)14-11(3)15(14,16-13)10-17-18/h6,9,11-14H,4-5,7-8,10H2,1-3H3/q-1/t11-,12?,13-,14+,15?/m1/s1. The van der Waals surface area contributed by atoms with E-state index >= 15 is 0 Å². The van der Waals surface area contributed by atoms with Crippen molar-refractivity contribution in [2.24, 2.45) is 22.9 Å². The molecule has 1 saturated carbocycles. The number of nitrogens with zero attached hydrogens (tertiary/aromatic N) is 1. The molecule has 104 valence electrons. The third kappa shape index (κ3) is 2.52. The van der Waals surface area contributed by atoms with E-state index in [0.29, 0.717) is 9.97 Å². The van der Waals surface area contributed by atoms with Crippen molar-refractivity contribution in [3.63, 3.8) is 0 Å². The van der Waals surface area contributed by atoms with Crippen LogP contribution in [0.4, 0.5) is 0 Å². The second-order valence-corrected chi connectivity index (χ2v) is 10.0. The van der Waals surface area contributed by atoms with Crippen LogP contribution in [0.2, 0.25) is 0 Å². The van der Waals surface area contributed by atoms with Crippen LogP contribution in [-0.2, 0) is 0 Å². The Balaban J connectivity index is 2.19. The van der Waals surface area contributed by atoms with Gasteiger partial charge in [0.15, 0.2) is 0 Å². The summed E-state index contributed by atoms with van der Waals surface area (Å²) in [6.45, 7) is 7.53. The zero-order valence-corrected chi connectivity index (χ0v) is 13.9. The maximum atomic E-state index is 10.9. The van der Waals surface area contributed by atoms with Crippen LogP contribution in [0.1, 0.15) is 46.5 Å². The molecule has 2 nitrogen and oxygen atoms in total. The van der Waals surface area contributed by atoms with Crippen LogP contribution in [0.25, 0.3) is 0 Å². The van der Waals surface area contributed by atoms with E-state index in [1.807, 2.05) is 0 Å². The van der Waals surface area contributed by atoms with E-state index in [1.165, 1.54) is 25.7 Å². The summed E-state index contributed by atoms with van der Waals surface area (Å²) in [4.78, 5) is 10.9. The molecule has 1 fully saturated rings. The van der Waals surface area contributed by atoms with Crippen LogP contribution in [-0.4, -0.2) is 13.9 Å². The monoisotopic (exact) mass is 362 g/mol. The van der Waals surface area contributed by atoms with Crippen molar-refractivity contribution >= 4 is 0 Å². The Labute approximate surface area is 121 Å². The summed E-state index contributed by atoms with van der Waals surface area (Å²) in [5.41, 5.74) is 0. The minimum atomic E-state index is 0.0614. The molecule has 0 aromatic heterocycles. The second kappa shape index (κ2) is 6.02. The Morgan fingerprint density at radius 2 is 2.22 bits per heavy atom. The van der Waals surface area contributed by atoms with Crippen molar-refractivity contribution in [1.82, 2.24) is 0 Å². The van der Waals surface area contributed by atoms with Crippen LogP contribution in [0.3, 0.4) is 0 Å². The van der Waals surface area contributed by atoms with E-state index in [2.05, 4.69) is 38.1 Å². The van der Waals surface area contributed by atoms with Crippen LogP contribution in [0.5, 0.6) is 0 Å². The number of nitroso groups, excluding NO2 is 1. The van der Waals surface area contributed by atoms with Gasteiger partial charge in [-0.3, -0.25) is 0 Å². The minimum absolute atomic E-state index is 0.0614. The van der Waals surface area contributed by atoms with Crippen LogP contribution < -0.4 is 21.2 Å². The average molecular weight is 362 g/mol. The fourth-order valence-corrected chi connectivity index (χ4v) is 9.17. The van der Waals surface area contributed by atoms with E-state index in [-0.39, 0.29) is 21.2 Å². The summed E-state index contributed by atoms with van der Waals surface area (Å²) in [7, 11) is 0. The molecule has 18 heavy (non-hydrogen) atoms. The van der Waals surface area contributed by atoms with E-state index < -0.39 is 0 Å². The first-order chi connectivity index (χ1) is 8.69. The Morgan fingerprint density at radius 3 is 2.83 bits per heavy atom. The van der Waals surface area contributed by atoms with Crippen molar-refractivity contribution in [3.8, 4) is 0 Å². The van der Waals surface area contributed by atoms with Crippen LogP contribution in [0, 0.1) is 22.7 Å². The Kier molecular flexibility index (Phi) is 4.84. The van der Waals surface area contributed by atoms with Crippen molar-refractivity contribution in [1.29, 1.82) is 0 Å². The predicted octanol–water partition coefficient (Wildman–Crippen LogP) is 1.00. The molecule has 0 radical (unpaired) electrons. The molecule has 1 heterocycles. The van der Waals surface area contributed by atoms with E-state index in [0.717, 1.165) is 21.7 Å². The van der Waals surface area contributed by atoms with Crippen LogP contribution in [0.15, 0.2) is 17.3 Å². The first kappa shape index (κ1) is 14.5. The maximum absolute atomic E-state index is 10.9. The van der Waals surface area contributed by atoms with Gasteiger partial charge in [0.1, 0.15) is 0 Å². The molecule has 1 aliphatic heterocycles. The Bertz CT molecular complexity index is 330. The van der Waals surface area contributed by atoms with Gasteiger partial charge in [-0.1, -0.05) is 0 Å². The SMILES string of the molecule is CCC[C@@H]1C=CCC(CC)[C@@H]2[C@@H](C)C2(CN=O)[I-]1. The number of allylic oxidation sites excluding steroid dienone is 2. The van der Waals surface area contributed by atoms with Gasteiger partial charge in [-0.2, -0.15) is 0 Å². The molecule has 2 aliphatic rings. The quantitative estimate of drug-likeness (QED) is 0.311. The molecular weight excluding hydrogens is 337 g/mol. The van der Waals surface area contributed by atoms with Crippen molar-refractivity contribution in [2.75, 3.05) is 6.54 Å². The molecule has 3 heteroatoms. The summed E-state index contributed by atoms with van der Waals surface area (Å²) >= 11 is 0.0614. The number of hydrogen-bond acceptors (Lipinski definition) is 2. The van der Waals surface area contributed by atoms with Gasteiger partial charge in [0.05, 0.1) is 0 Å². The third-order valence-corrected chi connectivity index (χ3v) is 9.81. The summed E-state index contributed by atoms with van der Waals surface area (Å²) in [6, 6.07) is 0. The molecule has 2 unspecified atom stereocenters. The van der Waals surface area contributed by atoms with Gasteiger partial charge in [-0.15, -0.1) is 0 Å². The summed E-state index contributed by atoms with van der Waals surface area (Å²) < 4.78 is 1.13.